The molecule has 1 N–H and O–H groups in total. The van der Waals surface area contributed by atoms with Gasteiger partial charge in [0.15, 0.2) is 0 Å². The van der Waals surface area contributed by atoms with Crippen molar-refractivity contribution < 1.29 is 0 Å². The molecule has 3 rings (SSSR count). The Morgan fingerprint density at radius 3 is 2.83 bits per heavy atom. The number of aromatic nitrogens is 2. The first kappa shape index (κ1) is 12.2. The molecule has 0 aliphatic heterocycles. The number of nitrogens with one attached hydrogen (secondary N) is 1. The van der Waals surface area contributed by atoms with Crippen LogP contribution in [0.5, 0.6) is 0 Å². The quantitative estimate of drug-likeness (QED) is 0.886. The molecule has 0 saturated heterocycles. The van der Waals surface area contributed by atoms with Gasteiger partial charge in [0.1, 0.15) is 0 Å². The molecule has 0 radical (unpaired) electrons. The molecule has 100 valence electrons. The Hall–Kier alpha value is -0.830. The van der Waals surface area contributed by atoms with Crippen LogP contribution in [0, 0.1) is 11.8 Å². The minimum absolute atomic E-state index is 0.666. The predicted molar refractivity (Wildman–Crippen MR) is 73.3 cm³/mol. The van der Waals surface area contributed by atoms with E-state index in [0.717, 1.165) is 24.4 Å². The van der Waals surface area contributed by atoms with E-state index in [4.69, 9.17) is 0 Å². The summed E-state index contributed by atoms with van der Waals surface area (Å²) in [5, 5.41) is 3.60. The van der Waals surface area contributed by atoms with E-state index in [1.807, 2.05) is 12.5 Å². The van der Waals surface area contributed by atoms with Crippen molar-refractivity contribution >= 4 is 0 Å². The summed E-state index contributed by atoms with van der Waals surface area (Å²) in [6, 6.07) is 1.44. The molecule has 3 heteroatoms. The van der Waals surface area contributed by atoms with Crippen LogP contribution in [0.15, 0.2) is 12.5 Å². The molecular formula is C15H25N3. The Balaban J connectivity index is 1.68. The van der Waals surface area contributed by atoms with Crippen LogP contribution in [-0.4, -0.2) is 15.6 Å². The molecule has 2 aliphatic rings. The zero-order valence-corrected chi connectivity index (χ0v) is 11.6. The van der Waals surface area contributed by atoms with Gasteiger partial charge in [0.25, 0.3) is 0 Å². The van der Waals surface area contributed by atoms with Crippen LogP contribution in [-0.2, 0) is 6.54 Å². The maximum atomic E-state index is 4.37. The van der Waals surface area contributed by atoms with Crippen LogP contribution in [0.4, 0.5) is 0 Å². The molecule has 2 saturated carbocycles. The lowest BCUT2D eigenvalue weighted by atomic mass is 9.79. The molecule has 0 bridgehead atoms. The first-order valence-electron chi connectivity index (χ1n) is 7.48. The summed E-state index contributed by atoms with van der Waals surface area (Å²) < 4.78 is 2.44. The third kappa shape index (κ3) is 2.61. The van der Waals surface area contributed by atoms with Gasteiger partial charge in [-0.2, -0.15) is 0 Å². The van der Waals surface area contributed by atoms with Crippen LogP contribution < -0.4 is 5.32 Å². The average Bonchev–Trinajstić information content (AvgIpc) is 3.06. The highest BCUT2D eigenvalue weighted by Crippen LogP contribution is 2.37. The molecule has 1 aromatic rings. The zero-order valence-electron chi connectivity index (χ0n) is 11.6. The van der Waals surface area contributed by atoms with Gasteiger partial charge in [0.2, 0.25) is 0 Å². The number of imidazole rings is 1. The van der Waals surface area contributed by atoms with Crippen molar-refractivity contribution in [3.05, 3.63) is 18.2 Å². The van der Waals surface area contributed by atoms with E-state index in [2.05, 4.69) is 28.7 Å². The van der Waals surface area contributed by atoms with Gasteiger partial charge in [0.05, 0.1) is 12.0 Å². The van der Waals surface area contributed by atoms with E-state index < -0.39 is 0 Å². The fraction of sp³-hybridized carbons (Fsp3) is 0.800. The van der Waals surface area contributed by atoms with Gasteiger partial charge >= 0.3 is 0 Å². The summed E-state index contributed by atoms with van der Waals surface area (Å²) in [7, 11) is 0. The van der Waals surface area contributed by atoms with Crippen molar-refractivity contribution in [1.29, 1.82) is 0 Å². The van der Waals surface area contributed by atoms with Crippen LogP contribution >= 0.6 is 0 Å². The maximum absolute atomic E-state index is 4.37. The second-order valence-corrected chi connectivity index (χ2v) is 6.41. The molecule has 0 spiro atoms. The summed E-state index contributed by atoms with van der Waals surface area (Å²) in [5.41, 5.74) is 1.37. The second-order valence-electron chi connectivity index (χ2n) is 6.41. The molecule has 0 aromatic carbocycles. The van der Waals surface area contributed by atoms with Crippen molar-refractivity contribution in [1.82, 2.24) is 14.9 Å². The Kier molecular flexibility index (Phi) is 3.42. The van der Waals surface area contributed by atoms with Gasteiger partial charge in [-0.15, -0.1) is 0 Å². The minimum atomic E-state index is 0.666. The van der Waals surface area contributed by atoms with Gasteiger partial charge < -0.3 is 9.88 Å². The standard InChI is InChI=1S/C15H25N3/c1-11-3-6-15(12(2)7-11)18-10-16-8-14(18)9-17-13-4-5-13/h8,10-13,15,17H,3-7,9H2,1-2H3. The minimum Gasteiger partial charge on any atom is -0.330 e. The summed E-state index contributed by atoms with van der Waals surface area (Å²) in [6.07, 6.45) is 10.8. The first-order chi connectivity index (χ1) is 8.74. The fourth-order valence-corrected chi connectivity index (χ4v) is 3.37. The molecule has 2 aliphatic carbocycles. The largest absolute Gasteiger partial charge is 0.330 e. The molecule has 1 aromatic heterocycles. The predicted octanol–water partition coefficient (Wildman–Crippen LogP) is 3.13. The molecule has 3 nitrogen and oxygen atoms in total. The van der Waals surface area contributed by atoms with Crippen molar-refractivity contribution in [3.63, 3.8) is 0 Å². The normalized spacial score (nSPS) is 32.7. The van der Waals surface area contributed by atoms with Crippen molar-refractivity contribution in [3.8, 4) is 0 Å². The highest BCUT2D eigenvalue weighted by molar-refractivity contribution is 5.03. The van der Waals surface area contributed by atoms with E-state index in [1.165, 1.54) is 37.8 Å². The highest BCUT2D eigenvalue weighted by Gasteiger charge is 2.28. The van der Waals surface area contributed by atoms with E-state index in [9.17, 15) is 0 Å². The van der Waals surface area contributed by atoms with Gasteiger partial charge in [-0.05, 0) is 43.9 Å². The number of nitrogens with zero attached hydrogens (tertiary/aromatic N) is 2. The van der Waals surface area contributed by atoms with Gasteiger partial charge in [-0.25, -0.2) is 4.98 Å². The zero-order chi connectivity index (χ0) is 12.5. The molecular weight excluding hydrogens is 222 g/mol. The summed E-state index contributed by atoms with van der Waals surface area (Å²) in [4.78, 5) is 4.37. The summed E-state index contributed by atoms with van der Waals surface area (Å²) in [6.45, 7) is 5.78. The van der Waals surface area contributed by atoms with Gasteiger partial charge in [-0.1, -0.05) is 13.8 Å². The van der Waals surface area contributed by atoms with E-state index in [1.54, 1.807) is 0 Å². The second kappa shape index (κ2) is 5.04. The van der Waals surface area contributed by atoms with Crippen LogP contribution in [0.1, 0.15) is 57.7 Å². The third-order valence-electron chi connectivity index (χ3n) is 4.64. The Morgan fingerprint density at radius 1 is 1.28 bits per heavy atom. The molecule has 18 heavy (non-hydrogen) atoms. The fourth-order valence-electron chi connectivity index (χ4n) is 3.37. The highest BCUT2D eigenvalue weighted by atomic mass is 15.1. The molecule has 0 amide bonds. The lowest BCUT2D eigenvalue weighted by Gasteiger charge is -2.34. The SMILES string of the molecule is CC1CCC(n2cncc2CNC2CC2)C(C)C1. The Labute approximate surface area is 110 Å². The van der Waals surface area contributed by atoms with Crippen molar-refractivity contribution in [2.24, 2.45) is 11.8 Å². The van der Waals surface area contributed by atoms with Crippen LogP contribution in [0.25, 0.3) is 0 Å². The average molecular weight is 247 g/mol. The lowest BCUT2D eigenvalue weighted by Crippen LogP contribution is -2.27. The van der Waals surface area contributed by atoms with Gasteiger partial charge in [-0.3, -0.25) is 0 Å². The Morgan fingerprint density at radius 2 is 2.11 bits per heavy atom. The third-order valence-corrected chi connectivity index (χ3v) is 4.64. The van der Waals surface area contributed by atoms with Crippen molar-refractivity contribution in [2.75, 3.05) is 0 Å². The first-order valence-corrected chi connectivity index (χ1v) is 7.48. The summed E-state index contributed by atoms with van der Waals surface area (Å²) >= 11 is 0. The van der Waals surface area contributed by atoms with Crippen LogP contribution in [0.3, 0.4) is 0 Å². The topological polar surface area (TPSA) is 29.9 Å². The maximum Gasteiger partial charge on any atom is 0.0951 e. The Bertz CT molecular complexity index is 394. The van der Waals surface area contributed by atoms with Crippen LogP contribution in [0.2, 0.25) is 0 Å². The molecule has 2 fully saturated rings. The molecule has 1 heterocycles. The summed E-state index contributed by atoms with van der Waals surface area (Å²) in [5.74, 6) is 1.68. The van der Waals surface area contributed by atoms with E-state index in [-0.39, 0.29) is 0 Å². The van der Waals surface area contributed by atoms with E-state index >= 15 is 0 Å². The number of hydrogen-bond acceptors (Lipinski definition) is 2. The lowest BCUT2D eigenvalue weighted by molar-refractivity contribution is 0.204. The number of hydrogen-bond donors (Lipinski definition) is 1. The smallest absolute Gasteiger partial charge is 0.0951 e. The van der Waals surface area contributed by atoms with E-state index in [0.29, 0.717) is 6.04 Å². The van der Waals surface area contributed by atoms with Crippen molar-refractivity contribution in [2.45, 2.75) is 64.6 Å². The monoisotopic (exact) mass is 247 g/mol. The molecule has 3 atom stereocenters. The number of rotatable bonds is 4. The van der Waals surface area contributed by atoms with Gasteiger partial charge in [0, 0.05) is 24.8 Å². The molecule has 3 unspecified atom stereocenters.